The number of nitrogens with zero attached hydrogens (tertiary/aromatic N) is 4. The second-order valence-electron chi connectivity index (χ2n) is 9.10. The van der Waals surface area contributed by atoms with Crippen LogP contribution in [0.4, 0.5) is 27.4 Å². The monoisotopic (exact) mass is 494 g/mol. The predicted octanol–water partition coefficient (Wildman–Crippen LogP) is 5.83. The Morgan fingerprint density at radius 2 is 1.68 bits per heavy atom. The van der Waals surface area contributed by atoms with Crippen molar-refractivity contribution >= 4 is 34.6 Å². The quantitative estimate of drug-likeness (QED) is 0.298. The van der Waals surface area contributed by atoms with Crippen molar-refractivity contribution in [1.29, 1.82) is 0 Å². The molecule has 0 saturated carbocycles. The van der Waals surface area contributed by atoms with E-state index in [0.717, 1.165) is 39.3 Å². The summed E-state index contributed by atoms with van der Waals surface area (Å²) in [5.41, 5.74) is 7.34. The summed E-state index contributed by atoms with van der Waals surface area (Å²) in [6.07, 6.45) is 2.11. The molecule has 186 valence electrons. The number of aryl methyl sites for hydroxylation is 1. The Balaban J connectivity index is 1.27. The summed E-state index contributed by atoms with van der Waals surface area (Å²) in [4.78, 5) is 19.0. The maximum absolute atomic E-state index is 13.1. The molecule has 0 atom stereocenters. The molecule has 0 unspecified atom stereocenters. The number of aromatic nitrogens is 3. The molecule has 0 aliphatic rings. The zero-order valence-electron chi connectivity index (χ0n) is 20.9. The first-order valence-electron chi connectivity index (χ1n) is 11.9. The van der Waals surface area contributed by atoms with Crippen LogP contribution in [-0.2, 0) is 11.2 Å². The molecule has 5 aromatic rings. The van der Waals surface area contributed by atoms with Crippen LogP contribution < -0.4 is 15.5 Å². The lowest BCUT2D eigenvalue weighted by molar-refractivity contribution is -0.115. The van der Waals surface area contributed by atoms with Crippen LogP contribution in [0, 0.1) is 12.7 Å². The standard InChI is InChI=1S/C29H27FN6O/c1-19-16-25(35(2)3)13-14-26(19)32-29-33-27-15-8-22(18-36(27)34-29)21-6-11-24(12-7-21)31-28(37)17-20-4-9-23(30)10-5-20/h4-16,18H,17H2,1-3H3,(H,31,37)(H,32,34). The molecule has 2 aromatic heterocycles. The maximum atomic E-state index is 13.1. The van der Waals surface area contributed by atoms with Crippen molar-refractivity contribution in [3.8, 4) is 11.1 Å². The summed E-state index contributed by atoms with van der Waals surface area (Å²) < 4.78 is 14.8. The van der Waals surface area contributed by atoms with Crippen LogP contribution in [0.3, 0.4) is 0 Å². The van der Waals surface area contributed by atoms with Gasteiger partial charge in [0.15, 0.2) is 5.65 Å². The minimum absolute atomic E-state index is 0.157. The van der Waals surface area contributed by atoms with E-state index in [0.29, 0.717) is 11.6 Å². The number of anilines is 4. The molecule has 0 aliphatic heterocycles. The van der Waals surface area contributed by atoms with Gasteiger partial charge in [-0.3, -0.25) is 4.79 Å². The number of hydrogen-bond acceptors (Lipinski definition) is 5. The highest BCUT2D eigenvalue weighted by molar-refractivity contribution is 5.92. The van der Waals surface area contributed by atoms with Crippen molar-refractivity contribution in [3.05, 3.63) is 102 Å². The summed E-state index contributed by atoms with van der Waals surface area (Å²) in [6, 6.07) is 23.7. The minimum atomic E-state index is -0.318. The van der Waals surface area contributed by atoms with Crippen LogP contribution in [0.1, 0.15) is 11.1 Å². The molecule has 5 rings (SSSR count). The van der Waals surface area contributed by atoms with Gasteiger partial charge in [-0.25, -0.2) is 8.91 Å². The Bertz CT molecular complexity index is 1560. The lowest BCUT2D eigenvalue weighted by Gasteiger charge is -2.15. The molecule has 0 radical (unpaired) electrons. The summed E-state index contributed by atoms with van der Waals surface area (Å²) in [7, 11) is 4.03. The Kier molecular flexibility index (Phi) is 6.55. The molecular formula is C29H27FN6O. The number of carbonyl (C=O) groups is 1. The topological polar surface area (TPSA) is 74.6 Å². The van der Waals surface area contributed by atoms with Crippen molar-refractivity contribution in [2.45, 2.75) is 13.3 Å². The number of hydrogen-bond donors (Lipinski definition) is 2. The Morgan fingerprint density at radius 3 is 2.38 bits per heavy atom. The number of fused-ring (bicyclic) bond motifs is 1. The van der Waals surface area contributed by atoms with Crippen LogP contribution in [0.15, 0.2) is 85.1 Å². The summed E-state index contributed by atoms with van der Waals surface area (Å²) in [5, 5.41) is 10.8. The van der Waals surface area contributed by atoms with Gasteiger partial charge < -0.3 is 15.5 Å². The van der Waals surface area contributed by atoms with Crippen molar-refractivity contribution < 1.29 is 9.18 Å². The zero-order valence-corrected chi connectivity index (χ0v) is 20.9. The van der Waals surface area contributed by atoms with Gasteiger partial charge in [0.2, 0.25) is 11.9 Å². The van der Waals surface area contributed by atoms with Gasteiger partial charge >= 0.3 is 0 Å². The van der Waals surface area contributed by atoms with Crippen molar-refractivity contribution in [2.24, 2.45) is 0 Å². The summed E-state index contributed by atoms with van der Waals surface area (Å²) in [6.45, 7) is 2.05. The molecule has 0 aliphatic carbocycles. The van der Waals surface area contributed by atoms with Gasteiger partial charge in [0.1, 0.15) is 5.82 Å². The molecule has 0 saturated heterocycles. The number of benzene rings is 3. The first-order valence-corrected chi connectivity index (χ1v) is 11.9. The molecule has 8 heteroatoms. The van der Waals surface area contributed by atoms with E-state index in [2.05, 4.69) is 44.7 Å². The Labute approximate surface area is 214 Å². The van der Waals surface area contributed by atoms with E-state index in [4.69, 9.17) is 0 Å². The van der Waals surface area contributed by atoms with Gasteiger partial charge in [0.05, 0.1) is 6.42 Å². The van der Waals surface area contributed by atoms with Gasteiger partial charge in [-0.1, -0.05) is 24.3 Å². The van der Waals surface area contributed by atoms with Crippen molar-refractivity contribution in [3.63, 3.8) is 0 Å². The third-order valence-corrected chi connectivity index (χ3v) is 6.08. The van der Waals surface area contributed by atoms with E-state index in [1.807, 2.05) is 62.8 Å². The summed E-state index contributed by atoms with van der Waals surface area (Å²) >= 11 is 0. The maximum Gasteiger partial charge on any atom is 0.247 e. The van der Waals surface area contributed by atoms with Crippen LogP contribution in [0.2, 0.25) is 0 Å². The second-order valence-corrected chi connectivity index (χ2v) is 9.10. The number of nitrogens with one attached hydrogen (secondary N) is 2. The first-order chi connectivity index (χ1) is 17.8. The van der Waals surface area contributed by atoms with Crippen LogP contribution in [0.25, 0.3) is 16.8 Å². The lowest BCUT2D eigenvalue weighted by atomic mass is 10.1. The van der Waals surface area contributed by atoms with Gasteiger partial charge in [0.25, 0.3) is 0 Å². The van der Waals surface area contributed by atoms with E-state index in [-0.39, 0.29) is 18.1 Å². The molecule has 37 heavy (non-hydrogen) atoms. The number of halogens is 1. The fourth-order valence-electron chi connectivity index (χ4n) is 4.03. The highest BCUT2D eigenvalue weighted by Gasteiger charge is 2.09. The SMILES string of the molecule is Cc1cc(N(C)C)ccc1Nc1nc2ccc(-c3ccc(NC(=O)Cc4ccc(F)cc4)cc3)cn2n1. The normalized spacial score (nSPS) is 10.9. The first kappa shape index (κ1) is 24.0. The second kappa shape index (κ2) is 10.1. The number of amides is 1. The Hall–Kier alpha value is -4.72. The van der Waals surface area contributed by atoms with E-state index in [9.17, 15) is 9.18 Å². The Morgan fingerprint density at radius 1 is 0.946 bits per heavy atom. The largest absolute Gasteiger partial charge is 0.378 e. The van der Waals surface area contributed by atoms with Gasteiger partial charge in [-0.2, -0.15) is 4.98 Å². The smallest absolute Gasteiger partial charge is 0.247 e. The van der Waals surface area contributed by atoms with Crippen LogP contribution in [0.5, 0.6) is 0 Å². The molecule has 3 aromatic carbocycles. The highest BCUT2D eigenvalue weighted by atomic mass is 19.1. The van der Waals surface area contributed by atoms with Crippen LogP contribution >= 0.6 is 0 Å². The third kappa shape index (κ3) is 5.59. The molecule has 2 heterocycles. The molecular weight excluding hydrogens is 467 g/mol. The average Bonchev–Trinajstić information content (AvgIpc) is 3.28. The molecule has 2 N–H and O–H groups in total. The van der Waals surface area contributed by atoms with Crippen molar-refractivity contribution in [1.82, 2.24) is 14.6 Å². The number of pyridine rings is 1. The predicted molar refractivity (Wildman–Crippen MR) is 146 cm³/mol. The minimum Gasteiger partial charge on any atom is -0.378 e. The summed E-state index contributed by atoms with van der Waals surface area (Å²) in [5.74, 6) is 0.0494. The average molecular weight is 495 g/mol. The molecule has 7 nitrogen and oxygen atoms in total. The van der Waals surface area contributed by atoms with Gasteiger partial charge in [-0.15, -0.1) is 5.10 Å². The van der Waals surface area contributed by atoms with Gasteiger partial charge in [0, 0.05) is 42.9 Å². The van der Waals surface area contributed by atoms with E-state index in [1.165, 1.54) is 12.1 Å². The van der Waals surface area contributed by atoms with Gasteiger partial charge in [-0.05, 0) is 78.2 Å². The van der Waals surface area contributed by atoms with E-state index in [1.54, 1.807) is 16.6 Å². The molecule has 0 spiro atoms. The third-order valence-electron chi connectivity index (χ3n) is 6.08. The van der Waals surface area contributed by atoms with Crippen LogP contribution in [-0.4, -0.2) is 34.6 Å². The number of carbonyl (C=O) groups excluding carboxylic acids is 1. The van der Waals surface area contributed by atoms with E-state index >= 15 is 0 Å². The van der Waals surface area contributed by atoms with E-state index < -0.39 is 0 Å². The molecule has 0 bridgehead atoms. The fourth-order valence-corrected chi connectivity index (χ4v) is 4.03. The molecule has 1 amide bonds. The molecule has 0 fully saturated rings. The zero-order chi connectivity index (χ0) is 25.9. The fraction of sp³-hybridized carbons (Fsp3) is 0.138. The van der Waals surface area contributed by atoms with Crippen molar-refractivity contribution in [2.75, 3.05) is 29.6 Å². The highest BCUT2D eigenvalue weighted by Crippen LogP contribution is 2.25. The number of rotatable bonds is 7. The lowest BCUT2D eigenvalue weighted by Crippen LogP contribution is -2.14.